The van der Waals surface area contributed by atoms with Crippen molar-refractivity contribution in [3.63, 3.8) is 0 Å². The summed E-state index contributed by atoms with van der Waals surface area (Å²) >= 11 is 0. The summed E-state index contributed by atoms with van der Waals surface area (Å²) in [7, 11) is 0. The third-order valence-corrected chi connectivity index (χ3v) is 13.2. The van der Waals surface area contributed by atoms with Crippen molar-refractivity contribution in [2.75, 3.05) is 13.2 Å². The number of hydrogen-bond donors (Lipinski definition) is 0. The lowest BCUT2D eigenvalue weighted by atomic mass is 10.0. The van der Waals surface area contributed by atoms with Crippen molar-refractivity contribution in [1.29, 1.82) is 0 Å². The van der Waals surface area contributed by atoms with E-state index >= 15 is 0 Å². The third-order valence-electron chi connectivity index (χ3n) is 13.2. The summed E-state index contributed by atoms with van der Waals surface area (Å²) in [5, 5.41) is 0. The highest BCUT2D eigenvalue weighted by atomic mass is 16.6. The van der Waals surface area contributed by atoms with Crippen LogP contribution < -0.4 is 0 Å². The van der Waals surface area contributed by atoms with E-state index in [9.17, 15) is 14.4 Å². The van der Waals surface area contributed by atoms with E-state index in [0.29, 0.717) is 19.3 Å². The fourth-order valence-electron chi connectivity index (χ4n) is 8.65. The topological polar surface area (TPSA) is 78.9 Å². The molecular weight excluding hydrogens is 877 g/mol. The molecule has 1 atom stereocenters. The van der Waals surface area contributed by atoms with E-state index in [0.717, 1.165) is 83.5 Å². The van der Waals surface area contributed by atoms with E-state index < -0.39 is 6.10 Å². The number of carbonyl (C=O) groups is 3. The van der Waals surface area contributed by atoms with Gasteiger partial charge in [-0.2, -0.15) is 0 Å². The van der Waals surface area contributed by atoms with Crippen LogP contribution in [0.1, 0.15) is 303 Å². The second-order valence-corrected chi connectivity index (χ2v) is 20.2. The molecule has 0 fully saturated rings. The van der Waals surface area contributed by atoms with Crippen LogP contribution in [0.4, 0.5) is 0 Å². The molecule has 0 amide bonds. The predicted octanol–water partition coefficient (Wildman–Crippen LogP) is 20.5. The van der Waals surface area contributed by atoms with Gasteiger partial charge in [0.2, 0.25) is 0 Å². The van der Waals surface area contributed by atoms with Gasteiger partial charge in [0.05, 0.1) is 0 Å². The Balaban J connectivity index is 4.38. The lowest BCUT2D eigenvalue weighted by Crippen LogP contribution is -2.30. The molecule has 0 spiro atoms. The van der Waals surface area contributed by atoms with Crippen molar-refractivity contribution < 1.29 is 28.6 Å². The first-order chi connectivity index (χ1) is 35.0. The minimum absolute atomic E-state index is 0.0980. The van der Waals surface area contributed by atoms with Crippen LogP contribution in [-0.2, 0) is 28.6 Å². The number of unbranched alkanes of at least 4 members (excludes halogenated alkanes) is 32. The van der Waals surface area contributed by atoms with Crippen LogP contribution >= 0.6 is 0 Å². The molecule has 0 aromatic rings. The molecule has 0 bridgehead atoms. The van der Waals surface area contributed by atoms with Gasteiger partial charge in [0, 0.05) is 19.3 Å². The highest BCUT2D eigenvalue weighted by Crippen LogP contribution is 2.17. The molecule has 0 aromatic carbocycles. The lowest BCUT2D eigenvalue weighted by Gasteiger charge is -2.18. The second-order valence-electron chi connectivity index (χ2n) is 20.2. The largest absolute Gasteiger partial charge is 0.462 e. The summed E-state index contributed by atoms with van der Waals surface area (Å²) < 4.78 is 16.8. The summed E-state index contributed by atoms with van der Waals surface area (Å²) in [6.45, 7) is 6.50. The number of allylic oxidation sites excluding steroid dienone is 12. The highest BCUT2D eigenvalue weighted by Gasteiger charge is 2.19. The first kappa shape index (κ1) is 67.8. The summed E-state index contributed by atoms with van der Waals surface area (Å²) in [5.74, 6) is -0.954. The molecule has 0 radical (unpaired) electrons. The maximum Gasteiger partial charge on any atom is 0.306 e. The SMILES string of the molecule is CC/C=C\C/C=C\C/C=C\C/C=C\C/C=C\CCCC(=O)OC(COC(=O)CCCCCCC/C=C\CCCCCCC)COC(=O)CCCCCCCCCCCCCCCCCCCCCCCC. The van der Waals surface area contributed by atoms with E-state index in [1.165, 1.54) is 173 Å². The van der Waals surface area contributed by atoms with Gasteiger partial charge in [-0.3, -0.25) is 14.4 Å². The summed E-state index contributed by atoms with van der Waals surface area (Å²) in [6.07, 6.45) is 76.3. The predicted molar refractivity (Wildman–Crippen MR) is 307 cm³/mol. The van der Waals surface area contributed by atoms with Crippen molar-refractivity contribution in [3.05, 3.63) is 72.9 Å². The zero-order valence-corrected chi connectivity index (χ0v) is 47.0. The van der Waals surface area contributed by atoms with Crippen LogP contribution in [0.3, 0.4) is 0 Å². The Bertz CT molecular complexity index is 1320. The zero-order chi connectivity index (χ0) is 51.4. The van der Waals surface area contributed by atoms with E-state index in [1.807, 2.05) is 0 Å². The third kappa shape index (κ3) is 57.6. The van der Waals surface area contributed by atoms with E-state index in [2.05, 4.69) is 93.7 Å². The minimum atomic E-state index is -0.807. The van der Waals surface area contributed by atoms with Gasteiger partial charge < -0.3 is 14.2 Å². The summed E-state index contributed by atoms with van der Waals surface area (Å²) in [6, 6.07) is 0. The molecule has 1 unspecified atom stereocenters. The van der Waals surface area contributed by atoms with Crippen molar-refractivity contribution in [1.82, 2.24) is 0 Å². The monoisotopic (exact) mass is 991 g/mol. The lowest BCUT2D eigenvalue weighted by molar-refractivity contribution is -0.167. The fourth-order valence-corrected chi connectivity index (χ4v) is 8.65. The Morgan fingerprint density at radius 2 is 0.563 bits per heavy atom. The van der Waals surface area contributed by atoms with Crippen LogP contribution in [0.2, 0.25) is 0 Å². The van der Waals surface area contributed by atoms with Crippen LogP contribution in [0.15, 0.2) is 72.9 Å². The first-order valence-electron chi connectivity index (χ1n) is 30.4. The van der Waals surface area contributed by atoms with Crippen LogP contribution in [-0.4, -0.2) is 37.2 Å². The smallest absolute Gasteiger partial charge is 0.306 e. The van der Waals surface area contributed by atoms with Crippen LogP contribution in [0.25, 0.3) is 0 Å². The van der Waals surface area contributed by atoms with Gasteiger partial charge in [-0.25, -0.2) is 0 Å². The maximum atomic E-state index is 12.8. The standard InChI is InChI=1S/C65H114O6/c1-4-7-10-13-16-19-22-25-28-30-31-32-33-34-36-37-40-43-46-49-52-55-58-64(67)70-61-62(60-69-63(66)57-54-51-48-45-42-39-27-24-21-18-15-12-9-6-3)71-65(68)59-56-53-50-47-44-41-38-35-29-26-23-20-17-14-11-8-5-2/h8,11,17,20,24,26-27,29,38,41,47,50,62H,4-7,9-10,12-16,18-19,21-23,25,28,30-37,39-40,42-46,48-49,51-61H2,1-3H3/b11-8-,20-17-,27-24-,29-26-,41-38-,50-47-. The van der Waals surface area contributed by atoms with E-state index in [-0.39, 0.29) is 37.5 Å². The average molecular weight is 992 g/mol. The molecular formula is C65H114O6. The Morgan fingerprint density at radius 1 is 0.296 bits per heavy atom. The minimum Gasteiger partial charge on any atom is -0.462 e. The molecule has 0 rings (SSSR count). The first-order valence-corrected chi connectivity index (χ1v) is 30.4. The van der Waals surface area contributed by atoms with Gasteiger partial charge in [-0.05, 0) is 83.5 Å². The van der Waals surface area contributed by atoms with Gasteiger partial charge in [-0.15, -0.1) is 0 Å². The molecule has 6 heteroatoms. The molecule has 6 nitrogen and oxygen atoms in total. The molecule has 0 aliphatic heterocycles. The molecule has 410 valence electrons. The number of carbonyl (C=O) groups excluding carboxylic acids is 3. The number of hydrogen-bond acceptors (Lipinski definition) is 6. The molecule has 0 aliphatic carbocycles. The number of esters is 3. The number of rotatable bonds is 55. The molecule has 0 aromatic heterocycles. The average Bonchev–Trinajstić information content (AvgIpc) is 3.37. The van der Waals surface area contributed by atoms with Crippen molar-refractivity contribution >= 4 is 17.9 Å². The Morgan fingerprint density at radius 3 is 0.915 bits per heavy atom. The molecule has 0 saturated heterocycles. The van der Waals surface area contributed by atoms with Crippen molar-refractivity contribution in [2.45, 2.75) is 309 Å². The van der Waals surface area contributed by atoms with Crippen LogP contribution in [0, 0.1) is 0 Å². The van der Waals surface area contributed by atoms with Crippen LogP contribution in [0.5, 0.6) is 0 Å². The van der Waals surface area contributed by atoms with E-state index in [1.54, 1.807) is 0 Å². The Kier molecular flexibility index (Phi) is 56.8. The molecule has 0 N–H and O–H groups in total. The summed E-state index contributed by atoms with van der Waals surface area (Å²) in [4.78, 5) is 38.2. The van der Waals surface area contributed by atoms with E-state index in [4.69, 9.17) is 14.2 Å². The van der Waals surface area contributed by atoms with Gasteiger partial charge in [0.25, 0.3) is 0 Å². The normalized spacial score (nSPS) is 12.5. The van der Waals surface area contributed by atoms with Gasteiger partial charge in [0.15, 0.2) is 6.10 Å². The molecule has 71 heavy (non-hydrogen) atoms. The molecule has 0 aliphatic rings. The second kappa shape index (κ2) is 59.4. The maximum absolute atomic E-state index is 12.8. The summed E-state index contributed by atoms with van der Waals surface area (Å²) in [5.41, 5.74) is 0. The Hall–Kier alpha value is -3.15. The zero-order valence-electron chi connectivity index (χ0n) is 47.0. The highest BCUT2D eigenvalue weighted by molar-refractivity contribution is 5.71. The quantitative estimate of drug-likeness (QED) is 0.0261. The fraction of sp³-hybridized carbons (Fsp3) is 0.769. The van der Waals surface area contributed by atoms with Crippen molar-refractivity contribution in [2.24, 2.45) is 0 Å². The van der Waals surface area contributed by atoms with Gasteiger partial charge >= 0.3 is 17.9 Å². The molecule has 0 heterocycles. The van der Waals surface area contributed by atoms with Gasteiger partial charge in [-0.1, -0.05) is 273 Å². The molecule has 0 saturated carbocycles. The number of ether oxygens (including phenoxy) is 3. The van der Waals surface area contributed by atoms with Gasteiger partial charge in [0.1, 0.15) is 13.2 Å². The van der Waals surface area contributed by atoms with Crippen molar-refractivity contribution in [3.8, 4) is 0 Å². The Labute approximate surface area is 440 Å².